The Morgan fingerprint density at radius 1 is 1.47 bits per heavy atom. The predicted octanol–water partition coefficient (Wildman–Crippen LogP) is 2.72. The average Bonchev–Trinajstić information content (AvgIpc) is 2.14. The van der Waals surface area contributed by atoms with Crippen molar-refractivity contribution in [2.45, 2.75) is 17.2 Å². The van der Waals surface area contributed by atoms with Gasteiger partial charge >= 0.3 is 11.4 Å². The molecule has 94 valence electrons. The Labute approximate surface area is 104 Å². The number of benzene rings is 1. The minimum absolute atomic E-state index is 0.0381. The van der Waals surface area contributed by atoms with Gasteiger partial charge in [-0.1, -0.05) is 0 Å². The lowest BCUT2D eigenvalue weighted by Gasteiger charge is -2.16. The van der Waals surface area contributed by atoms with Crippen LogP contribution in [0.25, 0.3) is 0 Å². The Bertz CT molecular complexity index is 497. The van der Waals surface area contributed by atoms with Crippen molar-refractivity contribution >= 4 is 28.4 Å². The average molecular weight is 283 g/mol. The lowest BCUT2D eigenvalue weighted by molar-refractivity contribution is 0.0693. The van der Waals surface area contributed by atoms with Gasteiger partial charge in [0.1, 0.15) is 0 Å². The predicted molar refractivity (Wildman–Crippen MR) is 60.2 cm³/mol. The summed E-state index contributed by atoms with van der Waals surface area (Å²) in [7, 11) is -1.75. The summed E-state index contributed by atoms with van der Waals surface area (Å²) < 4.78 is 37.6. The molecule has 0 bridgehead atoms. The molecule has 1 aromatic carbocycles. The van der Waals surface area contributed by atoms with E-state index in [0.717, 1.165) is 12.1 Å². The van der Waals surface area contributed by atoms with Crippen LogP contribution in [0, 0.1) is 6.92 Å². The fraction of sp³-hybridized carbons (Fsp3) is 0.300. The summed E-state index contributed by atoms with van der Waals surface area (Å²) in [4.78, 5) is 10.6. The molecule has 0 aromatic heterocycles. The van der Waals surface area contributed by atoms with E-state index in [-0.39, 0.29) is 16.0 Å². The van der Waals surface area contributed by atoms with Gasteiger partial charge in [-0.2, -0.15) is 8.78 Å². The first-order chi connectivity index (χ1) is 7.66. The zero-order valence-corrected chi connectivity index (χ0v) is 10.5. The molecule has 3 nitrogen and oxygen atoms in total. The Kier molecular flexibility index (Phi) is 3.88. The largest absolute Gasteiger partial charge is 0.478 e. The highest BCUT2D eigenvalue weighted by atomic mass is 35.5. The summed E-state index contributed by atoms with van der Waals surface area (Å²) in [6, 6.07) is 1.92. The van der Waals surface area contributed by atoms with Gasteiger partial charge in [-0.25, -0.2) is 4.79 Å². The van der Waals surface area contributed by atoms with E-state index >= 15 is 0 Å². The number of hydrogen-bond donors (Lipinski definition) is 1. The number of rotatable bonds is 3. The molecule has 7 heteroatoms. The van der Waals surface area contributed by atoms with Crippen molar-refractivity contribution in [2.75, 3.05) is 6.26 Å². The molecule has 0 spiro atoms. The number of carbonyl (C=O) groups is 1. The quantitative estimate of drug-likeness (QED) is 0.867. The first-order valence-electron chi connectivity index (χ1n) is 4.43. The first kappa shape index (κ1) is 14.1. The molecular formula is C10H9ClF2O3S. The molecule has 0 saturated heterocycles. The number of halogens is 3. The molecule has 1 atom stereocenters. The van der Waals surface area contributed by atoms with Gasteiger partial charge in [-0.15, -0.1) is 0 Å². The van der Waals surface area contributed by atoms with Crippen LogP contribution >= 0.6 is 11.6 Å². The topological polar surface area (TPSA) is 54.4 Å². The van der Waals surface area contributed by atoms with Crippen molar-refractivity contribution < 1.29 is 22.9 Å². The monoisotopic (exact) mass is 282 g/mol. The molecule has 1 rings (SSSR count). The molecule has 0 heterocycles. The summed E-state index contributed by atoms with van der Waals surface area (Å²) in [6.07, 6.45) is 1.19. The molecule has 17 heavy (non-hydrogen) atoms. The fourth-order valence-electron chi connectivity index (χ4n) is 1.52. The summed E-state index contributed by atoms with van der Waals surface area (Å²) in [5.41, 5.74) is -0.751. The highest BCUT2D eigenvalue weighted by molar-refractivity contribution is 7.84. The maximum atomic E-state index is 13.1. The summed E-state index contributed by atoms with van der Waals surface area (Å²) in [5.74, 6) is -1.27. The van der Waals surface area contributed by atoms with Gasteiger partial charge in [-0.3, -0.25) is 4.21 Å². The van der Waals surface area contributed by atoms with Crippen LogP contribution in [-0.2, 0) is 16.2 Å². The zero-order valence-electron chi connectivity index (χ0n) is 8.96. The van der Waals surface area contributed by atoms with Gasteiger partial charge < -0.3 is 5.11 Å². The number of carboxylic acid groups (broad SMARTS) is 1. The second-order valence-corrected chi connectivity index (χ2v) is 5.16. The Morgan fingerprint density at radius 3 is 2.35 bits per heavy atom. The van der Waals surface area contributed by atoms with Crippen LogP contribution in [0.3, 0.4) is 0 Å². The van der Waals surface area contributed by atoms with E-state index in [1.165, 1.54) is 13.2 Å². The second-order valence-electron chi connectivity index (χ2n) is 3.37. The number of hydrogen-bond acceptors (Lipinski definition) is 2. The smallest absolute Gasteiger partial charge is 0.349 e. The number of carboxylic acids is 1. The third kappa shape index (κ3) is 2.81. The van der Waals surface area contributed by atoms with Gasteiger partial charge in [0.15, 0.2) is 0 Å². The van der Waals surface area contributed by atoms with E-state index in [1.54, 1.807) is 0 Å². The second kappa shape index (κ2) is 4.70. The Morgan fingerprint density at radius 2 is 2.00 bits per heavy atom. The standard InChI is InChI=1S/C10H9ClF2O3S/c1-5-6(9(14)15)3-4-7(10(11,12)13)8(5)17(2)16/h3-4H,1-2H3,(H,14,15)/t17-/m0/s1. The molecule has 0 aliphatic heterocycles. The molecule has 0 amide bonds. The number of alkyl halides is 3. The highest BCUT2D eigenvalue weighted by Gasteiger charge is 2.33. The Balaban J connectivity index is 3.63. The van der Waals surface area contributed by atoms with E-state index in [2.05, 4.69) is 0 Å². The van der Waals surface area contributed by atoms with Crippen molar-refractivity contribution in [3.05, 3.63) is 28.8 Å². The molecule has 0 aliphatic carbocycles. The molecule has 0 fully saturated rings. The SMILES string of the molecule is Cc1c(C(=O)O)ccc(C(F)(F)Cl)c1[S@](C)=O. The fourth-order valence-corrected chi connectivity index (χ4v) is 2.78. The van der Waals surface area contributed by atoms with Gasteiger partial charge in [-0.05, 0) is 36.2 Å². The van der Waals surface area contributed by atoms with Gasteiger partial charge in [0, 0.05) is 6.26 Å². The third-order valence-corrected chi connectivity index (χ3v) is 3.53. The molecule has 1 aromatic rings. The lowest BCUT2D eigenvalue weighted by atomic mass is 10.1. The van der Waals surface area contributed by atoms with Crippen LogP contribution in [0.4, 0.5) is 8.78 Å². The Hall–Kier alpha value is -1.01. The van der Waals surface area contributed by atoms with Crippen molar-refractivity contribution in [1.29, 1.82) is 0 Å². The molecular weight excluding hydrogens is 274 g/mol. The summed E-state index contributed by atoms with van der Waals surface area (Å²) >= 11 is 4.90. The van der Waals surface area contributed by atoms with Gasteiger partial charge in [0.2, 0.25) is 0 Å². The molecule has 0 aliphatic rings. The van der Waals surface area contributed by atoms with Crippen molar-refractivity contribution in [1.82, 2.24) is 0 Å². The summed E-state index contributed by atoms with van der Waals surface area (Å²) in [6.45, 7) is 1.33. The normalized spacial score (nSPS) is 13.5. The van der Waals surface area contributed by atoms with E-state index in [0.29, 0.717) is 0 Å². The van der Waals surface area contributed by atoms with Crippen LogP contribution in [0.2, 0.25) is 0 Å². The van der Waals surface area contributed by atoms with Crippen LogP contribution in [0.1, 0.15) is 21.5 Å². The van der Waals surface area contributed by atoms with E-state index in [1.807, 2.05) is 0 Å². The van der Waals surface area contributed by atoms with Crippen LogP contribution < -0.4 is 0 Å². The van der Waals surface area contributed by atoms with Gasteiger partial charge in [0.05, 0.1) is 26.8 Å². The minimum Gasteiger partial charge on any atom is -0.478 e. The molecule has 0 unspecified atom stereocenters. The van der Waals surface area contributed by atoms with Crippen LogP contribution in [0.5, 0.6) is 0 Å². The summed E-state index contributed by atoms with van der Waals surface area (Å²) in [5, 5.41) is 5.17. The van der Waals surface area contributed by atoms with E-state index in [4.69, 9.17) is 16.7 Å². The minimum atomic E-state index is -3.68. The maximum absolute atomic E-state index is 13.1. The van der Waals surface area contributed by atoms with Crippen LogP contribution in [-0.4, -0.2) is 21.5 Å². The number of aromatic carboxylic acids is 1. The molecule has 1 N–H and O–H groups in total. The maximum Gasteiger partial charge on any atom is 0.349 e. The zero-order chi connectivity index (χ0) is 13.4. The van der Waals surface area contributed by atoms with Crippen molar-refractivity contribution in [3.8, 4) is 0 Å². The lowest BCUT2D eigenvalue weighted by Crippen LogP contribution is -2.13. The first-order valence-corrected chi connectivity index (χ1v) is 6.37. The van der Waals surface area contributed by atoms with Crippen molar-refractivity contribution in [3.63, 3.8) is 0 Å². The van der Waals surface area contributed by atoms with Crippen LogP contribution in [0.15, 0.2) is 17.0 Å². The van der Waals surface area contributed by atoms with Crippen molar-refractivity contribution in [2.24, 2.45) is 0 Å². The third-order valence-electron chi connectivity index (χ3n) is 2.23. The van der Waals surface area contributed by atoms with E-state index < -0.39 is 27.7 Å². The van der Waals surface area contributed by atoms with Gasteiger partial charge in [0.25, 0.3) is 0 Å². The molecule has 0 saturated carbocycles. The highest BCUT2D eigenvalue weighted by Crippen LogP contribution is 2.37. The molecule has 0 radical (unpaired) electrons. The van der Waals surface area contributed by atoms with E-state index in [9.17, 15) is 17.8 Å².